The van der Waals surface area contributed by atoms with Gasteiger partial charge in [-0.05, 0) is 109 Å². The quantitative estimate of drug-likeness (QED) is 0.0732. The van der Waals surface area contributed by atoms with Gasteiger partial charge in [-0.3, -0.25) is 0 Å². The highest BCUT2D eigenvalue weighted by atomic mass is 16.8. The zero-order valence-electron chi connectivity index (χ0n) is 48.0. The number of carbonyl (C=O) groups excluding carboxylic acids is 2. The molecule has 460 valence electrons. The number of ether oxygens (including phenoxy) is 8. The Kier molecular flexibility index (Phi) is 17.1. The van der Waals surface area contributed by atoms with Crippen molar-refractivity contribution < 1.29 is 108 Å². The minimum atomic E-state index is -2.11. The van der Waals surface area contributed by atoms with Crippen LogP contribution in [0.15, 0.2) is 72.3 Å². The fourth-order valence-corrected chi connectivity index (χ4v) is 17.0. The fourth-order valence-electron chi connectivity index (χ4n) is 17.0. The molecule has 22 nitrogen and oxygen atoms in total. The Bertz CT molecular complexity index is 2690. The van der Waals surface area contributed by atoms with Gasteiger partial charge in [-0.2, -0.15) is 0 Å². The molecule has 3 saturated heterocycles. The number of aliphatic hydroxyl groups is 10. The first-order valence-corrected chi connectivity index (χ1v) is 29.1. The topological polar surface area (TPSA) is 348 Å². The van der Waals surface area contributed by atoms with Crippen molar-refractivity contribution in [3.63, 3.8) is 0 Å². The molecule has 8 aliphatic rings. The molecule has 0 radical (unpaired) electrons. The molecule has 3 aliphatic heterocycles. The molecule has 3 heterocycles. The average molecular weight is 1170 g/mol. The minimum Gasteiger partial charge on any atom is -0.479 e. The molecule has 22 heteroatoms. The van der Waals surface area contributed by atoms with Gasteiger partial charge in [0, 0.05) is 5.41 Å². The van der Waals surface area contributed by atoms with Crippen LogP contribution in [0.4, 0.5) is 0 Å². The van der Waals surface area contributed by atoms with Gasteiger partial charge in [0.1, 0.15) is 67.1 Å². The lowest BCUT2D eigenvalue weighted by Crippen LogP contribution is -2.72. The average Bonchev–Trinajstić information content (AvgIpc) is 1.06. The largest absolute Gasteiger partial charge is 0.479 e. The summed E-state index contributed by atoms with van der Waals surface area (Å²) in [5.74, 6) is -3.55. The van der Waals surface area contributed by atoms with Crippen LogP contribution in [0, 0.1) is 50.2 Å². The van der Waals surface area contributed by atoms with Crippen LogP contribution in [0.5, 0.6) is 0 Å². The lowest BCUT2D eigenvalue weighted by Gasteiger charge is -2.72. The lowest BCUT2D eigenvalue weighted by atomic mass is 9.33. The number of carbonyl (C=O) groups is 3. The van der Waals surface area contributed by atoms with E-state index in [9.17, 15) is 70.6 Å². The van der Waals surface area contributed by atoms with E-state index < -0.39 is 187 Å². The number of esters is 2. The first-order valence-electron chi connectivity index (χ1n) is 29.1. The molecule has 0 amide bonds. The van der Waals surface area contributed by atoms with E-state index in [-0.39, 0.29) is 23.8 Å². The first-order chi connectivity index (χ1) is 39.1. The van der Waals surface area contributed by atoms with E-state index in [1.165, 1.54) is 0 Å². The first kappa shape index (κ1) is 62.0. The monoisotopic (exact) mass is 1170 g/mol. The zero-order chi connectivity index (χ0) is 60.1. The molecule has 2 aromatic rings. The van der Waals surface area contributed by atoms with Crippen LogP contribution in [0.3, 0.4) is 0 Å². The highest BCUT2D eigenvalue weighted by Gasteiger charge is 2.74. The number of carboxylic acid groups (broad SMARTS) is 1. The standard InChI is InChI=1S/C61H84O22/c1-56(2)24-32-31-18-19-36-58(5)22-21-38(78-55-47(81-54-43(70)41(68)39(66)33(26-62)76-54)45(44(71)46(80-55)50(72)73)79-53-42(69)40(67)34(27-63)77-53)57(3,4)35(58)20-23-59(36,6)60(31,7)25-37(65)61(32,28-64)49(83-52(75)30-16-12-9-13-17-30)48(56)82-51(74)29-14-10-8-11-15-29/h8-18,32-49,53-55,62-71H,19-28H2,1-7H3,(H,72,73)/t32-,33+,34-,35-,36+,37+,38-,39-,40-,41-,42+,43+,44-,45-,46-,47+,48-,49-,53-,54-,55+,58-,59+,60+,61-/m0/s1. The molecule has 0 bridgehead atoms. The summed E-state index contributed by atoms with van der Waals surface area (Å²) in [6, 6.07) is 16.9. The maximum absolute atomic E-state index is 14.3. The number of rotatable bonds is 14. The smallest absolute Gasteiger partial charge is 0.338 e. The Morgan fingerprint density at radius 3 is 1.69 bits per heavy atom. The molecule has 11 N–H and O–H groups in total. The lowest BCUT2D eigenvalue weighted by molar-refractivity contribution is -0.386. The second kappa shape index (κ2) is 22.9. The van der Waals surface area contributed by atoms with Crippen molar-refractivity contribution in [3.8, 4) is 0 Å². The summed E-state index contributed by atoms with van der Waals surface area (Å²) in [4.78, 5) is 41.2. The number of aliphatic hydroxyl groups excluding tert-OH is 10. The summed E-state index contributed by atoms with van der Waals surface area (Å²) in [5.41, 5.74) is -3.02. The number of hydrogen-bond donors (Lipinski definition) is 11. The predicted octanol–water partition coefficient (Wildman–Crippen LogP) is 1.99. The van der Waals surface area contributed by atoms with Gasteiger partial charge in [0.2, 0.25) is 0 Å². The second-order valence-corrected chi connectivity index (χ2v) is 26.8. The van der Waals surface area contributed by atoms with Crippen LogP contribution >= 0.6 is 0 Å². The van der Waals surface area contributed by atoms with E-state index in [4.69, 9.17) is 37.9 Å². The summed E-state index contributed by atoms with van der Waals surface area (Å²) in [6.45, 7) is 12.7. The molecular formula is C61H84O22. The van der Waals surface area contributed by atoms with Gasteiger partial charge in [-0.1, -0.05) is 96.5 Å². The van der Waals surface area contributed by atoms with Gasteiger partial charge in [0.15, 0.2) is 31.1 Å². The highest BCUT2D eigenvalue weighted by Crippen LogP contribution is 2.76. The number of aliphatic carboxylic acids is 1. The summed E-state index contributed by atoms with van der Waals surface area (Å²) in [5, 5.41) is 121. The van der Waals surface area contributed by atoms with Crippen molar-refractivity contribution >= 4 is 17.9 Å². The third-order valence-corrected chi connectivity index (χ3v) is 21.8. The third kappa shape index (κ3) is 10.1. The molecule has 2 aromatic carbocycles. The SMILES string of the molecule is CC1(C)C[C@H]2C3=CC[C@@H]4[C@@]5(C)CC[C@H](O[C@@H]6O[C@H](C(=O)O)[C@@H](O)[C@H](O[C@@H]7O[C@@H](CO)[C@H](O)[C@H]7O)[C@H]6O[C@@H]6O[C@H](CO)[C@H](O)[C@H](O)[C@H]6O)C(C)(C)[C@@H]5CC[C@@]4(C)[C@]3(C)C[C@@H](O)[C@@]2(CO)[C@@H](OC(=O)c2ccccc2)[C@@H]1OC(=O)c1ccccc1. The van der Waals surface area contributed by atoms with Gasteiger partial charge >= 0.3 is 17.9 Å². The maximum atomic E-state index is 14.3. The minimum absolute atomic E-state index is 0.00730. The highest BCUT2D eigenvalue weighted by molar-refractivity contribution is 5.90. The van der Waals surface area contributed by atoms with Gasteiger partial charge in [-0.15, -0.1) is 0 Å². The van der Waals surface area contributed by atoms with Crippen molar-refractivity contribution in [2.45, 2.75) is 204 Å². The molecule has 0 aromatic heterocycles. The molecule has 0 unspecified atom stereocenters. The van der Waals surface area contributed by atoms with Gasteiger partial charge in [-0.25, -0.2) is 14.4 Å². The number of allylic oxidation sites excluding steroid dienone is 2. The molecular weight excluding hydrogens is 1080 g/mol. The Labute approximate surface area is 482 Å². The summed E-state index contributed by atoms with van der Waals surface area (Å²) >= 11 is 0. The van der Waals surface area contributed by atoms with E-state index in [1.807, 2.05) is 13.8 Å². The Balaban J connectivity index is 0.965. The van der Waals surface area contributed by atoms with Crippen molar-refractivity contribution in [3.05, 3.63) is 83.4 Å². The van der Waals surface area contributed by atoms with E-state index in [2.05, 4.69) is 40.7 Å². The predicted molar refractivity (Wildman–Crippen MR) is 288 cm³/mol. The Hall–Kier alpha value is -4.05. The van der Waals surface area contributed by atoms with E-state index in [0.717, 1.165) is 5.57 Å². The summed E-state index contributed by atoms with van der Waals surface area (Å²) in [6.07, 6.45) is -23.8. The summed E-state index contributed by atoms with van der Waals surface area (Å²) < 4.78 is 49.6. The fraction of sp³-hybridized carbons (Fsp3) is 0.721. The van der Waals surface area contributed by atoms with E-state index >= 15 is 0 Å². The maximum Gasteiger partial charge on any atom is 0.338 e. The number of benzene rings is 2. The Morgan fingerprint density at radius 1 is 0.590 bits per heavy atom. The van der Waals surface area contributed by atoms with Gasteiger partial charge in [0.05, 0.1) is 48.6 Å². The van der Waals surface area contributed by atoms with Crippen molar-refractivity contribution in [2.75, 3.05) is 19.8 Å². The molecule has 0 spiro atoms. The number of carboxylic acids is 1. The van der Waals surface area contributed by atoms with Gasteiger partial charge in [0.25, 0.3) is 0 Å². The molecule has 5 aliphatic carbocycles. The second-order valence-electron chi connectivity index (χ2n) is 26.8. The van der Waals surface area contributed by atoms with Gasteiger partial charge < -0.3 is 94.1 Å². The van der Waals surface area contributed by atoms with Crippen LogP contribution in [0.1, 0.15) is 114 Å². The number of hydrogen-bond acceptors (Lipinski definition) is 21. The summed E-state index contributed by atoms with van der Waals surface area (Å²) in [7, 11) is 0. The zero-order valence-corrected chi connectivity index (χ0v) is 48.0. The van der Waals surface area contributed by atoms with E-state index in [1.54, 1.807) is 60.7 Å². The van der Waals surface area contributed by atoms with Crippen LogP contribution in [0.2, 0.25) is 0 Å². The van der Waals surface area contributed by atoms with Crippen LogP contribution in [0.25, 0.3) is 0 Å². The number of fused-ring (bicyclic) bond motifs is 7. The normalized spacial score (nSPS) is 46.2. The van der Waals surface area contributed by atoms with Crippen molar-refractivity contribution in [1.29, 1.82) is 0 Å². The van der Waals surface area contributed by atoms with Crippen molar-refractivity contribution in [1.82, 2.24) is 0 Å². The van der Waals surface area contributed by atoms with Crippen LogP contribution in [-0.2, 0) is 42.7 Å². The molecule has 7 fully saturated rings. The molecule has 83 heavy (non-hydrogen) atoms. The third-order valence-electron chi connectivity index (χ3n) is 21.8. The molecule has 10 rings (SSSR count). The Morgan fingerprint density at radius 2 is 1.13 bits per heavy atom. The molecule has 25 atom stereocenters. The molecule has 4 saturated carbocycles. The van der Waals surface area contributed by atoms with Crippen molar-refractivity contribution in [2.24, 2.45) is 50.2 Å². The van der Waals surface area contributed by atoms with Crippen LogP contribution in [-0.4, -0.2) is 204 Å². The van der Waals surface area contributed by atoms with Crippen LogP contribution < -0.4 is 0 Å². The van der Waals surface area contributed by atoms with E-state index in [0.29, 0.717) is 44.1 Å².